The Hall–Kier alpha value is -3.83. The Labute approximate surface area is 213 Å². The highest BCUT2D eigenvalue weighted by Gasteiger charge is 2.46. The molecule has 1 atom stereocenters. The molecule has 4 aromatic rings. The van der Waals surface area contributed by atoms with Gasteiger partial charge in [-0.2, -0.15) is 5.10 Å². The average Bonchev–Trinajstić information content (AvgIpc) is 3.36. The summed E-state index contributed by atoms with van der Waals surface area (Å²) >= 11 is 0. The van der Waals surface area contributed by atoms with Gasteiger partial charge in [-0.15, -0.1) is 0 Å². The number of carbonyl (C=O) groups is 1. The quantitative estimate of drug-likeness (QED) is 0.390. The zero-order valence-electron chi connectivity index (χ0n) is 20.6. The normalized spacial score (nSPS) is 16.5. The molecule has 3 heterocycles. The smallest absolute Gasteiger partial charge is 0.258 e. The van der Waals surface area contributed by atoms with Crippen LogP contribution in [-0.4, -0.2) is 57.3 Å². The van der Waals surface area contributed by atoms with Crippen molar-refractivity contribution in [2.75, 3.05) is 13.7 Å². The highest BCUT2D eigenvalue weighted by atomic mass is 19.1. The van der Waals surface area contributed by atoms with E-state index in [1.165, 1.54) is 30.5 Å². The number of benzene rings is 2. The van der Waals surface area contributed by atoms with Crippen LogP contribution in [0, 0.1) is 11.6 Å². The van der Waals surface area contributed by atoms with Crippen molar-refractivity contribution in [3.05, 3.63) is 77.2 Å². The first-order chi connectivity index (χ1) is 17.7. The zero-order valence-corrected chi connectivity index (χ0v) is 20.6. The maximum absolute atomic E-state index is 15.2. The van der Waals surface area contributed by atoms with Gasteiger partial charge in [0.15, 0.2) is 7.85 Å². The molecule has 190 valence electrons. The van der Waals surface area contributed by atoms with E-state index < -0.39 is 35.3 Å². The lowest BCUT2D eigenvalue weighted by molar-refractivity contribution is -0.0231. The molecule has 0 saturated carbocycles. The van der Waals surface area contributed by atoms with E-state index in [0.29, 0.717) is 34.4 Å². The van der Waals surface area contributed by atoms with E-state index in [1.807, 2.05) is 6.92 Å². The molecule has 2 aromatic carbocycles. The minimum Gasteiger partial charge on any atom is -0.491 e. The van der Waals surface area contributed by atoms with Crippen LogP contribution in [0.15, 0.2) is 48.8 Å². The van der Waals surface area contributed by atoms with E-state index >= 15 is 8.78 Å². The zero-order chi connectivity index (χ0) is 26.9. The minimum atomic E-state index is -2.29. The number of carbonyl (C=O) groups excluding carboxylic acids is 1. The lowest BCUT2D eigenvalue weighted by Crippen LogP contribution is -2.44. The van der Waals surface area contributed by atoms with Crippen molar-refractivity contribution in [2.45, 2.75) is 25.5 Å². The second-order valence-electron chi connectivity index (χ2n) is 8.46. The van der Waals surface area contributed by atoms with Crippen molar-refractivity contribution >= 4 is 24.7 Å². The van der Waals surface area contributed by atoms with Crippen molar-refractivity contribution < 1.29 is 28.5 Å². The van der Waals surface area contributed by atoms with Crippen molar-refractivity contribution in [2.24, 2.45) is 7.05 Å². The van der Waals surface area contributed by atoms with Crippen LogP contribution in [0.1, 0.15) is 35.0 Å². The summed E-state index contributed by atoms with van der Waals surface area (Å²) in [5, 5.41) is 22.8. The SMILES string of the molecule is CO.[B]C1(O)c2ncccc2C(=O)N1Cc1c(F)cc(-c2ccc(OCCC)c3nn(C)cc23)cc1F. The summed E-state index contributed by atoms with van der Waals surface area (Å²) in [6.45, 7) is 1.94. The predicted octanol–water partition coefficient (Wildman–Crippen LogP) is 3.24. The number of aliphatic hydroxyl groups is 2. The second-order valence-corrected chi connectivity index (χ2v) is 8.46. The number of ether oxygens (including phenoxy) is 1. The van der Waals surface area contributed by atoms with Gasteiger partial charge in [-0.05, 0) is 53.9 Å². The number of hydrogen-bond acceptors (Lipinski definition) is 6. The molecule has 2 N–H and O–H groups in total. The van der Waals surface area contributed by atoms with Gasteiger partial charge in [0, 0.05) is 37.5 Å². The molecule has 2 aromatic heterocycles. The molecule has 0 aliphatic carbocycles. The van der Waals surface area contributed by atoms with Gasteiger partial charge in [0.2, 0.25) is 0 Å². The van der Waals surface area contributed by atoms with Gasteiger partial charge in [0.25, 0.3) is 5.91 Å². The number of hydrogen-bond donors (Lipinski definition) is 2. The summed E-state index contributed by atoms with van der Waals surface area (Å²) in [5.41, 5.74) is -1.21. The van der Waals surface area contributed by atoms with Crippen LogP contribution in [0.5, 0.6) is 5.75 Å². The third-order valence-electron chi connectivity index (χ3n) is 6.03. The van der Waals surface area contributed by atoms with Crippen LogP contribution >= 0.6 is 0 Å². The first-order valence-corrected chi connectivity index (χ1v) is 11.5. The molecule has 1 aliphatic rings. The lowest BCUT2D eigenvalue weighted by Gasteiger charge is -2.31. The number of fused-ring (bicyclic) bond motifs is 2. The molecule has 0 saturated heterocycles. The Morgan fingerprint density at radius 1 is 1.14 bits per heavy atom. The van der Waals surface area contributed by atoms with Crippen LogP contribution in [0.4, 0.5) is 8.78 Å². The number of aryl methyl sites for hydroxylation is 1. The van der Waals surface area contributed by atoms with Crippen LogP contribution in [0.2, 0.25) is 0 Å². The van der Waals surface area contributed by atoms with Gasteiger partial charge in [-0.1, -0.05) is 6.92 Å². The number of aliphatic hydroxyl groups excluding tert-OH is 1. The van der Waals surface area contributed by atoms with Gasteiger partial charge in [-0.25, -0.2) is 8.78 Å². The van der Waals surface area contributed by atoms with Crippen LogP contribution in [0.3, 0.4) is 0 Å². The Morgan fingerprint density at radius 3 is 2.49 bits per heavy atom. The van der Waals surface area contributed by atoms with Crippen LogP contribution < -0.4 is 4.74 Å². The van der Waals surface area contributed by atoms with Gasteiger partial charge >= 0.3 is 0 Å². The molecule has 0 fully saturated rings. The first-order valence-electron chi connectivity index (χ1n) is 11.5. The molecule has 2 radical (unpaired) electrons. The molecule has 1 unspecified atom stereocenters. The fourth-order valence-corrected chi connectivity index (χ4v) is 4.33. The van der Waals surface area contributed by atoms with Gasteiger partial charge in [0.1, 0.15) is 28.5 Å². The third-order valence-corrected chi connectivity index (χ3v) is 6.03. The molecule has 0 bridgehead atoms. The van der Waals surface area contributed by atoms with Crippen LogP contribution in [-0.2, 0) is 19.2 Å². The molecular weight excluding hydrogens is 481 g/mol. The molecule has 5 rings (SSSR count). The highest BCUT2D eigenvalue weighted by Crippen LogP contribution is 2.38. The lowest BCUT2D eigenvalue weighted by atomic mass is 9.87. The number of rotatable bonds is 6. The first kappa shape index (κ1) is 26.2. The Balaban J connectivity index is 0.00000156. The number of nitrogens with zero attached hydrogens (tertiary/aromatic N) is 4. The second kappa shape index (κ2) is 10.3. The maximum atomic E-state index is 15.2. The number of amides is 1. The van der Waals surface area contributed by atoms with Crippen LogP contribution in [0.25, 0.3) is 22.0 Å². The van der Waals surface area contributed by atoms with Crippen molar-refractivity contribution in [3.8, 4) is 16.9 Å². The monoisotopic (exact) mass is 506 g/mol. The number of halogens is 2. The molecule has 11 heteroatoms. The van der Waals surface area contributed by atoms with E-state index in [4.69, 9.17) is 17.7 Å². The van der Waals surface area contributed by atoms with E-state index in [1.54, 1.807) is 30.1 Å². The number of aromatic nitrogens is 3. The molecule has 0 spiro atoms. The van der Waals surface area contributed by atoms with Gasteiger partial charge < -0.3 is 19.8 Å². The topological polar surface area (TPSA) is 101 Å². The maximum Gasteiger partial charge on any atom is 0.258 e. The minimum absolute atomic E-state index is 0.0632. The molecular formula is C26H25BF2N4O4. The van der Waals surface area contributed by atoms with E-state index in [2.05, 4.69) is 10.1 Å². The van der Waals surface area contributed by atoms with Gasteiger partial charge in [-0.3, -0.25) is 14.5 Å². The molecule has 37 heavy (non-hydrogen) atoms. The average molecular weight is 506 g/mol. The van der Waals surface area contributed by atoms with Crippen molar-refractivity contribution in [3.63, 3.8) is 0 Å². The van der Waals surface area contributed by atoms with Gasteiger partial charge in [0.05, 0.1) is 24.4 Å². The Morgan fingerprint density at radius 2 is 1.84 bits per heavy atom. The van der Waals surface area contributed by atoms with E-state index in [9.17, 15) is 9.90 Å². The summed E-state index contributed by atoms with van der Waals surface area (Å²) in [6, 6.07) is 8.80. The fourth-order valence-electron chi connectivity index (χ4n) is 4.33. The van der Waals surface area contributed by atoms with Crippen molar-refractivity contribution in [1.82, 2.24) is 19.7 Å². The predicted molar refractivity (Wildman–Crippen MR) is 134 cm³/mol. The Kier molecular flexibility index (Phi) is 7.29. The highest BCUT2D eigenvalue weighted by molar-refractivity contribution is 6.19. The summed E-state index contributed by atoms with van der Waals surface area (Å²) in [7, 11) is 8.69. The summed E-state index contributed by atoms with van der Waals surface area (Å²) < 4.78 is 37.9. The summed E-state index contributed by atoms with van der Waals surface area (Å²) in [4.78, 5) is 17.5. The molecule has 1 amide bonds. The summed E-state index contributed by atoms with van der Waals surface area (Å²) in [5.74, 6) is -1.83. The fraction of sp³-hybridized carbons (Fsp3) is 0.269. The molecule has 1 aliphatic heterocycles. The van der Waals surface area contributed by atoms with E-state index in [-0.39, 0.29) is 11.3 Å². The standard InChI is InChI=1S/C25H21BF2N4O3.CH4O/c1-3-9-35-21-7-6-15(17-12-31(2)30-22(17)21)14-10-19(27)18(20(28)11-14)13-32-24(33)16-5-4-8-29-23(16)25(32,26)34;1-2/h4-8,10-12,34H,3,9,13H2,1-2H3;2H,1H3. The third kappa shape index (κ3) is 4.56. The van der Waals surface area contributed by atoms with E-state index in [0.717, 1.165) is 18.4 Å². The number of pyridine rings is 1. The van der Waals surface area contributed by atoms with Crippen molar-refractivity contribution in [1.29, 1.82) is 0 Å². The largest absolute Gasteiger partial charge is 0.491 e. The summed E-state index contributed by atoms with van der Waals surface area (Å²) in [6.07, 6.45) is 3.96. The molecule has 8 nitrogen and oxygen atoms in total. The Bertz CT molecular complexity index is 1450.